The van der Waals surface area contributed by atoms with Crippen LogP contribution in [0, 0.1) is 17.6 Å². The number of piperidine rings is 1. The Morgan fingerprint density at radius 1 is 1.11 bits per heavy atom. The molecule has 3 rings (SSSR count). The van der Waals surface area contributed by atoms with Gasteiger partial charge in [-0.3, -0.25) is 0 Å². The van der Waals surface area contributed by atoms with Gasteiger partial charge in [0.05, 0.1) is 5.69 Å². The summed E-state index contributed by atoms with van der Waals surface area (Å²) in [6.45, 7) is 2.37. The molecule has 7 heteroatoms. The number of aliphatic hydroxyl groups excluding tert-OH is 1. The molecule has 0 saturated carbocycles. The summed E-state index contributed by atoms with van der Waals surface area (Å²) in [5, 5.41) is 14.1. The molecule has 0 radical (unpaired) electrons. The molecule has 0 aliphatic carbocycles. The number of hydrogen-bond donors (Lipinski definition) is 3. The Morgan fingerprint density at radius 2 is 1.81 bits per heavy atom. The molecule has 1 aliphatic rings. The number of carbonyl (C=O) groups excluding carboxylic acids is 1. The Balaban J connectivity index is 1.50. The van der Waals surface area contributed by atoms with Gasteiger partial charge < -0.3 is 20.6 Å². The molecule has 2 aromatic rings. The van der Waals surface area contributed by atoms with Crippen LogP contribution < -0.4 is 15.5 Å². The van der Waals surface area contributed by atoms with Gasteiger partial charge in [0.1, 0.15) is 0 Å². The molecule has 1 aliphatic heterocycles. The zero-order valence-corrected chi connectivity index (χ0v) is 14.9. The zero-order valence-electron chi connectivity index (χ0n) is 14.9. The number of rotatable bonds is 5. The molecule has 144 valence electrons. The Morgan fingerprint density at radius 3 is 2.48 bits per heavy atom. The number of halogens is 2. The quantitative estimate of drug-likeness (QED) is 0.750. The van der Waals surface area contributed by atoms with Crippen LogP contribution in [-0.4, -0.2) is 30.8 Å². The second-order valence-electron chi connectivity index (χ2n) is 6.69. The van der Waals surface area contributed by atoms with E-state index in [9.17, 15) is 18.7 Å². The van der Waals surface area contributed by atoms with Gasteiger partial charge in [-0.15, -0.1) is 0 Å². The number of hydrogen-bond acceptors (Lipinski definition) is 3. The van der Waals surface area contributed by atoms with E-state index >= 15 is 0 Å². The van der Waals surface area contributed by atoms with E-state index in [4.69, 9.17) is 0 Å². The molecule has 27 heavy (non-hydrogen) atoms. The maximum absolute atomic E-state index is 13.6. The highest BCUT2D eigenvalue weighted by atomic mass is 19.2. The zero-order chi connectivity index (χ0) is 19.2. The molecule has 1 saturated heterocycles. The van der Waals surface area contributed by atoms with Gasteiger partial charge in [-0.05, 0) is 48.6 Å². The molecular formula is C20H23F2N3O2. The molecule has 1 heterocycles. The van der Waals surface area contributed by atoms with Crippen LogP contribution in [0.1, 0.15) is 18.4 Å². The summed E-state index contributed by atoms with van der Waals surface area (Å²) in [4.78, 5) is 14.2. The third-order valence-electron chi connectivity index (χ3n) is 4.83. The van der Waals surface area contributed by atoms with E-state index in [-0.39, 0.29) is 18.8 Å². The van der Waals surface area contributed by atoms with Crippen LogP contribution in [0.3, 0.4) is 0 Å². The SMILES string of the molecule is O=C(NCc1ccc(N2CCC(CO)CC2)cc1)Nc1cccc(F)c1F. The van der Waals surface area contributed by atoms with Gasteiger partial charge in [-0.25, -0.2) is 13.6 Å². The minimum atomic E-state index is -1.08. The number of anilines is 2. The molecule has 1 fully saturated rings. The molecule has 0 atom stereocenters. The molecule has 3 N–H and O–H groups in total. The smallest absolute Gasteiger partial charge is 0.319 e. The first kappa shape index (κ1) is 19.1. The van der Waals surface area contributed by atoms with Crippen molar-refractivity contribution < 1.29 is 18.7 Å². The van der Waals surface area contributed by atoms with Gasteiger partial charge in [0.25, 0.3) is 0 Å². The lowest BCUT2D eigenvalue weighted by Crippen LogP contribution is -2.34. The van der Waals surface area contributed by atoms with Crippen molar-refractivity contribution in [1.82, 2.24) is 5.32 Å². The maximum Gasteiger partial charge on any atom is 0.319 e. The average molecular weight is 375 g/mol. The molecular weight excluding hydrogens is 352 g/mol. The van der Waals surface area contributed by atoms with E-state index in [2.05, 4.69) is 15.5 Å². The standard InChI is InChI=1S/C20H23F2N3O2/c21-17-2-1-3-18(19(17)22)24-20(27)23-12-14-4-6-16(7-5-14)25-10-8-15(13-26)9-11-25/h1-7,15,26H,8-13H2,(H2,23,24,27). The fourth-order valence-corrected chi connectivity index (χ4v) is 3.15. The van der Waals surface area contributed by atoms with Gasteiger partial charge in [-0.2, -0.15) is 0 Å². The number of carbonyl (C=O) groups is 1. The predicted octanol–water partition coefficient (Wildman–Crippen LogP) is 3.50. The van der Waals surface area contributed by atoms with Crippen molar-refractivity contribution >= 4 is 17.4 Å². The van der Waals surface area contributed by atoms with Crippen LogP contribution in [0.25, 0.3) is 0 Å². The van der Waals surface area contributed by atoms with Crippen molar-refractivity contribution in [3.8, 4) is 0 Å². The predicted molar refractivity (Wildman–Crippen MR) is 101 cm³/mol. The number of aliphatic hydroxyl groups is 1. The normalized spacial score (nSPS) is 14.9. The van der Waals surface area contributed by atoms with E-state index in [1.807, 2.05) is 24.3 Å². The molecule has 5 nitrogen and oxygen atoms in total. The van der Waals surface area contributed by atoms with Crippen molar-refractivity contribution in [3.63, 3.8) is 0 Å². The molecule has 0 bridgehead atoms. The maximum atomic E-state index is 13.6. The Labute approximate surface area is 157 Å². The highest BCUT2D eigenvalue weighted by Gasteiger charge is 2.18. The van der Waals surface area contributed by atoms with Crippen molar-refractivity contribution in [3.05, 3.63) is 59.7 Å². The summed E-state index contributed by atoms with van der Waals surface area (Å²) < 4.78 is 26.7. The van der Waals surface area contributed by atoms with Crippen LogP contribution in [0.5, 0.6) is 0 Å². The lowest BCUT2D eigenvalue weighted by atomic mass is 9.97. The number of nitrogens with one attached hydrogen (secondary N) is 2. The summed E-state index contributed by atoms with van der Waals surface area (Å²) in [5.74, 6) is -1.69. The third-order valence-corrected chi connectivity index (χ3v) is 4.83. The summed E-state index contributed by atoms with van der Waals surface area (Å²) in [6, 6.07) is 10.9. The minimum absolute atomic E-state index is 0.200. The average Bonchev–Trinajstić information content (AvgIpc) is 2.70. The van der Waals surface area contributed by atoms with E-state index in [1.54, 1.807) is 0 Å². The summed E-state index contributed by atoms with van der Waals surface area (Å²) in [7, 11) is 0. The van der Waals surface area contributed by atoms with Crippen LogP contribution in [0.2, 0.25) is 0 Å². The van der Waals surface area contributed by atoms with Gasteiger partial charge in [0, 0.05) is 31.9 Å². The molecule has 2 aromatic carbocycles. The number of benzene rings is 2. The molecule has 2 amide bonds. The van der Waals surface area contributed by atoms with Gasteiger partial charge >= 0.3 is 6.03 Å². The first-order valence-corrected chi connectivity index (χ1v) is 9.00. The molecule has 0 aromatic heterocycles. The van der Waals surface area contributed by atoms with Crippen LogP contribution >= 0.6 is 0 Å². The molecule has 0 spiro atoms. The largest absolute Gasteiger partial charge is 0.396 e. The van der Waals surface area contributed by atoms with Crippen molar-refractivity contribution in [2.24, 2.45) is 5.92 Å². The second-order valence-corrected chi connectivity index (χ2v) is 6.69. The monoisotopic (exact) mass is 375 g/mol. The van der Waals surface area contributed by atoms with Crippen LogP contribution in [0.15, 0.2) is 42.5 Å². The molecule has 0 unspecified atom stereocenters. The topological polar surface area (TPSA) is 64.6 Å². The third kappa shape index (κ3) is 4.95. The summed E-state index contributed by atoms with van der Waals surface area (Å²) in [5.41, 5.74) is 1.81. The fourth-order valence-electron chi connectivity index (χ4n) is 3.15. The van der Waals surface area contributed by atoms with Crippen molar-refractivity contribution in [1.29, 1.82) is 0 Å². The summed E-state index contributed by atoms with van der Waals surface area (Å²) >= 11 is 0. The second kappa shape index (κ2) is 8.81. The Kier molecular flexibility index (Phi) is 6.24. The van der Waals surface area contributed by atoms with Crippen LogP contribution in [0.4, 0.5) is 25.0 Å². The van der Waals surface area contributed by atoms with E-state index in [0.29, 0.717) is 5.92 Å². The van der Waals surface area contributed by atoms with Gasteiger partial charge in [-0.1, -0.05) is 18.2 Å². The van der Waals surface area contributed by atoms with Crippen LogP contribution in [-0.2, 0) is 6.54 Å². The highest BCUT2D eigenvalue weighted by Crippen LogP contribution is 2.23. The van der Waals surface area contributed by atoms with Gasteiger partial charge in [0.15, 0.2) is 11.6 Å². The fraction of sp³-hybridized carbons (Fsp3) is 0.350. The summed E-state index contributed by atoms with van der Waals surface area (Å²) in [6.07, 6.45) is 1.97. The Bertz CT molecular complexity index is 775. The highest BCUT2D eigenvalue weighted by molar-refractivity contribution is 5.89. The number of amides is 2. The van der Waals surface area contributed by atoms with Crippen molar-refractivity contribution in [2.75, 3.05) is 29.9 Å². The van der Waals surface area contributed by atoms with Crippen molar-refractivity contribution in [2.45, 2.75) is 19.4 Å². The number of urea groups is 1. The lowest BCUT2D eigenvalue weighted by molar-refractivity contribution is 0.203. The first-order valence-electron chi connectivity index (χ1n) is 9.00. The minimum Gasteiger partial charge on any atom is -0.396 e. The van der Waals surface area contributed by atoms with E-state index in [0.717, 1.165) is 43.2 Å². The Hall–Kier alpha value is -2.67. The van der Waals surface area contributed by atoms with Gasteiger partial charge in [0.2, 0.25) is 0 Å². The van der Waals surface area contributed by atoms with E-state index in [1.165, 1.54) is 12.1 Å². The lowest BCUT2D eigenvalue weighted by Gasteiger charge is -2.33. The number of nitrogens with zero attached hydrogens (tertiary/aromatic N) is 1. The van der Waals surface area contributed by atoms with E-state index < -0.39 is 17.7 Å². The first-order chi connectivity index (χ1) is 13.1.